The highest BCUT2D eigenvalue weighted by atomic mass is 16.3. The van der Waals surface area contributed by atoms with Crippen LogP contribution in [0.15, 0.2) is 24.3 Å². The van der Waals surface area contributed by atoms with E-state index >= 15 is 0 Å². The lowest BCUT2D eigenvalue weighted by molar-refractivity contribution is 0.0860. The maximum Gasteiger partial charge on any atom is 0.251 e. The Morgan fingerprint density at radius 3 is 2.08 bits per heavy atom. The van der Waals surface area contributed by atoms with E-state index in [2.05, 4.69) is 10.6 Å². The van der Waals surface area contributed by atoms with Gasteiger partial charge in [0, 0.05) is 35.7 Å². The number of aliphatic hydroxyl groups is 1. The monoisotopic (exact) mass is 328 g/mol. The summed E-state index contributed by atoms with van der Waals surface area (Å²) >= 11 is 0. The molecule has 0 aliphatic heterocycles. The van der Waals surface area contributed by atoms with E-state index in [4.69, 9.17) is 0 Å². The van der Waals surface area contributed by atoms with Crippen LogP contribution in [0, 0.1) is 17.8 Å². The summed E-state index contributed by atoms with van der Waals surface area (Å²) in [5.41, 5.74) is 1.16. The van der Waals surface area contributed by atoms with Gasteiger partial charge in [-0.25, -0.2) is 0 Å². The van der Waals surface area contributed by atoms with Gasteiger partial charge in [0.15, 0.2) is 0 Å². The summed E-state index contributed by atoms with van der Waals surface area (Å²) in [5, 5.41) is 15.7. The van der Waals surface area contributed by atoms with Gasteiger partial charge in [-0.1, -0.05) is 0 Å². The molecule has 0 radical (unpaired) electrons. The van der Waals surface area contributed by atoms with Gasteiger partial charge >= 0.3 is 0 Å². The number of benzene rings is 1. The molecule has 3 saturated carbocycles. The first-order valence-corrected chi connectivity index (χ1v) is 8.98. The van der Waals surface area contributed by atoms with Crippen molar-refractivity contribution in [1.29, 1.82) is 0 Å². The zero-order valence-corrected chi connectivity index (χ0v) is 13.7. The van der Waals surface area contributed by atoms with Gasteiger partial charge in [-0.2, -0.15) is 0 Å². The Labute approximate surface area is 141 Å². The van der Waals surface area contributed by atoms with Crippen LogP contribution in [0.4, 0.5) is 0 Å². The van der Waals surface area contributed by atoms with Gasteiger partial charge < -0.3 is 15.7 Å². The fourth-order valence-corrected chi connectivity index (χ4v) is 4.40. The lowest BCUT2D eigenvalue weighted by Crippen LogP contribution is -2.45. The predicted molar refractivity (Wildman–Crippen MR) is 89.6 cm³/mol. The van der Waals surface area contributed by atoms with Crippen LogP contribution in [0.2, 0.25) is 0 Å². The smallest absolute Gasteiger partial charge is 0.251 e. The van der Waals surface area contributed by atoms with Crippen molar-refractivity contribution in [3.05, 3.63) is 35.4 Å². The molecule has 0 aromatic heterocycles. The Balaban J connectivity index is 1.40. The Morgan fingerprint density at radius 2 is 1.50 bits per heavy atom. The third-order valence-electron chi connectivity index (χ3n) is 5.92. The molecule has 1 aromatic rings. The molecule has 3 N–H and O–H groups in total. The summed E-state index contributed by atoms with van der Waals surface area (Å²) in [4.78, 5) is 24.5. The van der Waals surface area contributed by atoms with E-state index in [0.717, 1.165) is 25.7 Å². The van der Waals surface area contributed by atoms with E-state index in [9.17, 15) is 14.7 Å². The molecule has 0 spiro atoms. The molecule has 5 nitrogen and oxygen atoms in total. The SMILES string of the molecule is O=C(NC1CC1)c1ccc(C(=O)NC2C3CCC(C3)C2CO)cc1. The normalized spacial score (nSPS) is 31.0. The molecule has 3 aliphatic carbocycles. The Hall–Kier alpha value is -1.88. The third-order valence-corrected chi connectivity index (χ3v) is 5.92. The van der Waals surface area contributed by atoms with Crippen molar-refractivity contribution in [3.63, 3.8) is 0 Å². The molecule has 2 amide bonds. The summed E-state index contributed by atoms with van der Waals surface area (Å²) in [5.74, 6) is 1.06. The predicted octanol–water partition coefficient (Wildman–Crippen LogP) is 1.72. The summed E-state index contributed by atoms with van der Waals surface area (Å²) in [6.45, 7) is 0.145. The first kappa shape index (κ1) is 15.6. The van der Waals surface area contributed by atoms with Crippen LogP contribution >= 0.6 is 0 Å². The van der Waals surface area contributed by atoms with E-state index in [1.807, 2.05) is 0 Å². The van der Waals surface area contributed by atoms with Crippen LogP contribution < -0.4 is 10.6 Å². The standard InChI is InChI=1S/C19H24N2O3/c22-10-16-13-5-6-14(9-13)17(16)21-19(24)12-3-1-11(2-4-12)18(23)20-15-7-8-15/h1-4,13-17,22H,5-10H2,(H,20,23)(H,21,24). The highest BCUT2D eigenvalue weighted by Crippen LogP contribution is 2.48. The van der Waals surface area contributed by atoms with Gasteiger partial charge in [-0.3, -0.25) is 9.59 Å². The fourth-order valence-electron chi connectivity index (χ4n) is 4.40. The average Bonchev–Trinajstić information content (AvgIpc) is 3.18. The van der Waals surface area contributed by atoms with E-state index < -0.39 is 0 Å². The van der Waals surface area contributed by atoms with E-state index in [0.29, 0.717) is 29.0 Å². The zero-order valence-electron chi connectivity index (χ0n) is 13.7. The van der Waals surface area contributed by atoms with Crippen molar-refractivity contribution in [2.75, 3.05) is 6.61 Å². The van der Waals surface area contributed by atoms with Gasteiger partial charge in [0.25, 0.3) is 11.8 Å². The average molecular weight is 328 g/mol. The Bertz CT molecular complexity index is 639. The van der Waals surface area contributed by atoms with Crippen molar-refractivity contribution < 1.29 is 14.7 Å². The van der Waals surface area contributed by atoms with Crippen LogP contribution in [0.5, 0.6) is 0 Å². The van der Waals surface area contributed by atoms with E-state index in [1.54, 1.807) is 24.3 Å². The second-order valence-corrected chi connectivity index (χ2v) is 7.50. The highest BCUT2D eigenvalue weighted by Gasteiger charge is 2.47. The van der Waals surface area contributed by atoms with Gasteiger partial charge in [0.1, 0.15) is 0 Å². The van der Waals surface area contributed by atoms with Gasteiger partial charge in [0.2, 0.25) is 0 Å². The third kappa shape index (κ3) is 2.93. The van der Waals surface area contributed by atoms with E-state index in [1.165, 1.54) is 6.42 Å². The molecule has 1 aromatic carbocycles. The molecule has 24 heavy (non-hydrogen) atoms. The van der Waals surface area contributed by atoms with Crippen molar-refractivity contribution in [3.8, 4) is 0 Å². The maximum atomic E-state index is 12.5. The lowest BCUT2D eigenvalue weighted by Gasteiger charge is -2.30. The number of fused-ring (bicyclic) bond motifs is 2. The molecule has 3 aliphatic rings. The second kappa shape index (κ2) is 6.20. The molecule has 0 heterocycles. The molecule has 4 unspecified atom stereocenters. The van der Waals surface area contributed by atoms with Crippen LogP contribution in [-0.4, -0.2) is 35.6 Å². The summed E-state index contributed by atoms with van der Waals surface area (Å²) in [6, 6.07) is 7.23. The number of hydrogen-bond donors (Lipinski definition) is 3. The Kier molecular flexibility index (Phi) is 4.04. The number of carbonyl (C=O) groups is 2. The lowest BCUT2D eigenvalue weighted by atomic mass is 9.85. The van der Waals surface area contributed by atoms with Crippen LogP contribution in [-0.2, 0) is 0 Å². The van der Waals surface area contributed by atoms with Crippen molar-refractivity contribution >= 4 is 11.8 Å². The number of rotatable bonds is 5. The number of hydrogen-bond acceptors (Lipinski definition) is 3. The van der Waals surface area contributed by atoms with E-state index in [-0.39, 0.29) is 30.4 Å². The maximum absolute atomic E-state index is 12.5. The molecule has 4 atom stereocenters. The Morgan fingerprint density at radius 1 is 0.917 bits per heavy atom. The molecule has 3 fully saturated rings. The molecule has 128 valence electrons. The molecular weight excluding hydrogens is 304 g/mol. The topological polar surface area (TPSA) is 78.4 Å². The number of aliphatic hydroxyl groups excluding tert-OH is 1. The van der Waals surface area contributed by atoms with Crippen LogP contribution in [0.1, 0.15) is 52.8 Å². The first-order chi connectivity index (χ1) is 11.7. The molecule has 0 saturated heterocycles. The van der Waals surface area contributed by atoms with Gasteiger partial charge in [-0.15, -0.1) is 0 Å². The fraction of sp³-hybridized carbons (Fsp3) is 0.579. The van der Waals surface area contributed by atoms with Crippen molar-refractivity contribution in [1.82, 2.24) is 10.6 Å². The summed E-state index contributed by atoms with van der Waals surface area (Å²) in [6.07, 6.45) is 5.56. The van der Waals surface area contributed by atoms with Crippen LogP contribution in [0.3, 0.4) is 0 Å². The quantitative estimate of drug-likeness (QED) is 0.770. The minimum Gasteiger partial charge on any atom is -0.396 e. The number of nitrogens with one attached hydrogen (secondary N) is 2. The minimum atomic E-state index is -0.111. The minimum absolute atomic E-state index is 0.0714. The molecule has 4 rings (SSSR count). The van der Waals surface area contributed by atoms with Crippen LogP contribution in [0.25, 0.3) is 0 Å². The number of carbonyl (C=O) groups excluding carboxylic acids is 2. The molecular formula is C19H24N2O3. The highest BCUT2D eigenvalue weighted by molar-refractivity contribution is 5.98. The largest absolute Gasteiger partial charge is 0.396 e. The summed E-state index contributed by atoms with van der Waals surface area (Å²) in [7, 11) is 0. The van der Waals surface area contributed by atoms with Gasteiger partial charge in [-0.05, 0) is 68.2 Å². The number of amides is 2. The molecule has 2 bridgehead atoms. The zero-order chi connectivity index (χ0) is 16.7. The summed E-state index contributed by atoms with van der Waals surface area (Å²) < 4.78 is 0. The first-order valence-electron chi connectivity index (χ1n) is 8.98. The van der Waals surface area contributed by atoms with Gasteiger partial charge in [0.05, 0.1) is 0 Å². The van der Waals surface area contributed by atoms with Crippen molar-refractivity contribution in [2.45, 2.75) is 44.2 Å². The second-order valence-electron chi connectivity index (χ2n) is 7.50. The molecule has 5 heteroatoms. The van der Waals surface area contributed by atoms with Crippen molar-refractivity contribution in [2.24, 2.45) is 17.8 Å².